The molecule has 0 unspecified atom stereocenters. The standard InChI is InChI=1S/C29H29N5O4/c1-4-24-30-17-21(38-24)18-31-26(35)22-16-23-25(32-27(22)37-3)33-28(34(23)5-2)29(36,19-12-8-6-9-13-19)20-14-10-7-11-15-20/h6-17,36H,4-5,18H2,1-3H3,(H,31,35). The van der Waals surface area contributed by atoms with E-state index in [1.807, 2.05) is 79.1 Å². The van der Waals surface area contributed by atoms with Gasteiger partial charge in [-0.2, -0.15) is 4.98 Å². The topological polar surface area (TPSA) is 115 Å². The lowest BCUT2D eigenvalue weighted by atomic mass is 9.85. The predicted octanol–water partition coefficient (Wildman–Crippen LogP) is 4.22. The molecule has 5 aromatic rings. The zero-order chi connectivity index (χ0) is 26.7. The van der Waals surface area contributed by atoms with Crippen LogP contribution in [0.5, 0.6) is 5.88 Å². The van der Waals surface area contributed by atoms with E-state index in [4.69, 9.17) is 14.1 Å². The number of aliphatic hydroxyl groups is 1. The number of amides is 1. The molecule has 38 heavy (non-hydrogen) atoms. The third-order valence-electron chi connectivity index (χ3n) is 6.49. The molecule has 0 saturated carbocycles. The van der Waals surface area contributed by atoms with Gasteiger partial charge in [-0.1, -0.05) is 67.6 Å². The number of pyridine rings is 1. The van der Waals surface area contributed by atoms with Gasteiger partial charge in [0.25, 0.3) is 5.91 Å². The normalized spacial score (nSPS) is 11.6. The molecule has 0 atom stereocenters. The van der Waals surface area contributed by atoms with Crippen molar-refractivity contribution in [2.75, 3.05) is 7.11 Å². The highest BCUT2D eigenvalue weighted by molar-refractivity contribution is 5.99. The lowest BCUT2D eigenvalue weighted by molar-refractivity contribution is 0.0944. The van der Waals surface area contributed by atoms with E-state index in [-0.39, 0.29) is 23.9 Å². The van der Waals surface area contributed by atoms with Gasteiger partial charge >= 0.3 is 0 Å². The van der Waals surface area contributed by atoms with Crippen molar-refractivity contribution in [1.29, 1.82) is 0 Å². The van der Waals surface area contributed by atoms with Crippen molar-refractivity contribution in [2.45, 2.75) is 39.0 Å². The van der Waals surface area contributed by atoms with Crippen LogP contribution in [0.2, 0.25) is 0 Å². The van der Waals surface area contributed by atoms with E-state index in [1.54, 1.807) is 12.3 Å². The minimum Gasteiger partial charge on any atom is -0.480 e. The molecule has 0 aliphatic rings. The molecule has 194 valence electrons. The van der Waals surface area contributed by atoms with Gasteiger partial charge in [-0.25, -0.2) is 9.97 Å². The van der Waals surface area contributed by atoms with Gasteiger partial charge in [0.1, 0.15) is 11.3 Å². The van der Waals surface area contributed by atoms with Crippen molar-refractivity contribution in [2.24, 2.45) is 0 Å². The third kappa shape index (κ3) is 4.41. The largest absolute Gasteiger partial charge is 0.480 e. The number of aryl methyl sites for hydroxylation is 2. The van der Waals surface area contributed by atoms with Gasteiger partial charge in [-0.05, 0) is 24.1 Å². The van der Waals surface area contributed by atoms with Crippen molar-refractivity contribution in [3.05, 3.63) is 107 Å². The molecule has 5 rings (SSSR count). The fourth-order valence-electron chi connectivity index (χ4n) is 4.59. The van der Waals surface area contributed by atoms with Gasteiger partial charge in [-0.3, -0.25) is 4.79 Å². The van der Waals surface area contributed by atoms with Crippen LogP contribution in [0.15, 0.2) is 77.3 Å². The summed E-state index contributed by atoms with van der Waals surface area (Å²) in [5.74, 6) is 1.32. The van der Waals surface area contributed by atoms with E-state index >= 15 is 0 Å². The first-order valence-corrected chi connectivity index (χ1v) is 12.5. The number of nitrogens with zero attached hydrogens (tertiary/aromatic N) is 4. The SMILES string of the molecule is CCc1ncc(CNC(=O)c2cc3c(nc2OC)nc(C(O)(c2ccccc2)c2ccccc2)n3CC)o1. The Hall–Kier alpha value is -4.50. The lowest BCUT2D eigenvalue weighted by Gasteiger charge is -2.29. The van der Waals surface area contributed by atoms with E-state index in [1.165, 1.54) is 7.11 Å². The molecule has 0 bridgehead atoms. The number of benzene rings is 2. The zero-order valence-electron chi connectivity index (χ0n) is 21.5. The van der Waals surface area contributed by atoms with E-state index in [0.717, 1.165) is 0 Å². The van der Waals surface area contributed by atoms with Crippen molar-refractivity contribution >= 4 is 17.1 Å². The molecular weight excluding hydrogens is 482 g/mol. The number of oxazole rings is 1. The Morgan fingerprint density at radius 1 is 1.05 bits per heavy atom. The maximum Gasteiger partial charge on any atom is 0.257 e. The van der Waals surface area contributed by atoms with Crippen molar-refractivity contribution < 1.29 is 19.1 Å². The fraction of sp³-hybridized carbons (Fsp3) is 0.241. The predicted molar refractivity (Wildman–Crippen MR) is 142 cm³/mol. The van der Waals surface area contributed by atoms with Crippen LogP contribution >= 0.6 is 0 Å². The van der Waals surface area contributed by atoms with Crippen molar-refractivity contribution in [3.8, 4) is 5.88 Å². The van der Waals surface area contributed by atoms with Crippen LogP contribution in [-0.4, -0.2) is 37.6 Å². The molecule has 2 N–H and O–H groups in total. The summed E-state index contributed by atoms with van der Waals surface area (Å²) in [7, 11) is 1.46. The molecule has 9 nitrogen and oxygen atoms in total. The quantitative estimate of drug-likeness (QED) is 0.304. The highest BCUT2D eigenvalue weighted by atomic mass is 16.5. The second kappa shape index (κ2) is 10.5. The summed E-state index contributed by atoms with van der Waals surface area (Å²) in [6, 6.07) is 20.5. The van der Waals surface area contributed by atoms with Crippen molar-refractivity contribution in [1.82, 2.24) is 24.8 Å². The first-order chi connectivity index (χ1) is 18.5. The van der Waals surface area contributed by atoms with E-state index < -0.39 is 5.60 Å². The molecule has 0 saturated heterocycles. The zero-order valence-corrected chi connectivity index (χ0v) is 21.5. The number of aromatic nitrogens is 4. The second-order valence-electron chi connectivity index (χ2n) is 8.77. The Balaban J connectivity index is 1.61. The number of imidazole rings is 1. The Labute approximate surface area is 220 Å². The first-order valence-electron chi connectivity index (χ1n) is 12.5. The number of carbonyl (C=O) groups excluding carboxylic acids is 1. The number of rotatable bonds is 9. The summed E-state index contributed by atoms with van der Waals surface area (Å²) >= 11 is 0. The van der Waals surface area contributed by atoms with Crippen LogP contribution < -0.4 is 10.1 Å². The molecule has 9 heteroatoms. The summed E-state index contributed by atoms with van der Waals surface area (Å²) in [5.41, 5.74) is 0.992. The number of ether oxygens (including phenoxy) is 1. The number of nitrogens with one attached hydrogen (secondary N) is 1. The molecule has 0 radical (unpaired) electrons. The van der Waals surface area contributed by atoms with Crippen LogP contribution in [0, 0.1) is 0 Å². The molecule has 3 aromatic heterocycles. The molecular formula is C29H29N5O4. The Morgan fingerprint density at radius 2 is 1.71 bits per heavy atom. The van der Waals surface area contributed by atoms with Gasteiger partial charge in [0.2, 0.25) is 5.88 Å². The van der Waals surface area contributed by atoms with Crippen LogP contribution in [0.3, 0.4) is 0 Å². The Bertz CT molecular complexity index is 1520. The van der Waals surface area contributed by atoms with Crippen LogP contribution in [0.25, 0.3) is 11.2 Å². The number of hydrogen-bond acceptors (Lipinski definition) is 7. The average Bonchev–Trinajstić information content (AvgIpc) is 3.59. The monoisotopic (exact) mass is 511 g/mol. The Kier molecular flexibility index (Phi) is 6.93. The van der Waals surface area contributed by atoms with Gasteiger partial charge < -0.3 is 24.1 Å². The highest BCUT2D eigenvalue weighted by Gasteiger charge is 2.39. The molecule has 2 aromatic carbocycles. The summed E-state index contributed by atoms with van der Waals surface area (Å²) in [6.07, 6.45) is 2.27. The maximum atomic E-state index is 13.2. The van der Waals surface area contributed by atoms with E-state index in [2.05, 4.69) is 15.3 Å². The smallest absolute Gasteiger partial charge is 0.257 e. The molecule has 0 aliphatic carbocycles. The summed E-state index contributed by atoms with van der Waals surface area (Å²) in [6.45, 7) is 4.57. The average molecular weight is 512 g/mol. The van der Waals surface area contributed by atoms with Gasteiger partial charge in [0.15, 0.2) is 23.0 Å². The fourth-order valence-corrected chi connectivity index (χ4v) is 4.59. The number of fused-ring (bicyclic) bond motifs is 1. The van der Waals surface area contributed by atoms with E-state index in [9.17, 15) is 9.90 Å². The lowest BCUT2D eigenvalue weighted by Crippen LogP contribution is -2.32. The van der Waals surface area contributed by atoms with E-state index in [0.29, 0.717) is 52.7 Å². The maximum absolute atomic E-state index is 13.2. The van der Waals surface area contributed by atoms with Crippen LogP contribution in [0.1, 0.15) is 52.8 Å². The third-order valence-corrected chi connectivity index (χ3v) is 6.49. The van der Waals surface area contributed by atoms with Crippen molar-refractivity contribution in [3.63, 3.8) is 0 Å². The minimum atomic E-state index is -1.56. The Morgan fingerprint density at radius 3 is 2.26 bits per heavy atom. The summed E-state index contributed by atoms with van der Waals surface area (Å²) in [5, 5.41) is 15.2. The molecule has 3 heterocycles. The highest BCUT2D eigenvalue weighted by Crippen LogP contribution is 2.38. The molecule has 0 aliphatic heterocycles. The second-order valence-corrected chi connectivity index (χ2v) is 8.77. The number of methoxy groups -OCH3 is 1. The summed E-state index contributed by atoms with van der Waals surface area (Å²) < 4.78 is 12.9. The van der Waals surface area contributed by atoms with Gasteiger partial charge in [-0.15, -0.1) is 0 Å². The minimum absolute atomic E-state index is 0.136. The van der Waals surface area contributed by atoms with Crippen LogP contribution in [0.4, 0.5) is 0 Å². The molecule has 0 spiro atoms. The molecule has 1 amide bonds. The number of carbonyl (C=O) groups is 1. The van der Waals surface area contributed by atoms with Crippen LogP contribution in [-0.2, 0) is 25.1 Å². The first kappa shape index (κ1) is 25.2. The van der Waals surface area contributed by atoms with Gasteiger partial charge in [0, 0.05) is 13.0 Å². The number of hydrogen-bond donors (Lipinski definition) is 2. The van der Waals surface area contributed by atoms with Gasteiger partial charge in [0.05, 0.1) is 25.4 Å². The molecule has 0 fully saturated rings. The summed E-state index contributed by atoms with van der Waals surface area (Å²) in [4.78, 5) is 26.7.